The van der Waals surface area contributed by atoms with Gasteiger partial charge in [-0.25, -0.2) is 4.98 Å². The van der Waals surface area contributed by atoms with Gasteiger partial charge in [0, 0.05) is 40.4 Å². The first-order valence-electron chi connectivity index (χ1n) is 9.48. The zero-order valence-corrected chi connectivity index (χ0v) is 17.1. The maximum Gasteiger partial charge on any atom is 0.251 e. The summed E-state index contributed by atoms with van der Waals surface area (Å²) >= 11 is 7.66. The summed E-state index contributed by atoms with van der Waals surface area (Å²) in [6, 6.07) is 15.6. The van der Waals surface area contributed by atoms with E-state index in [-0.39, 0.29) is 5.91 Å². The number of aromatic nitrogens is 2. The molecule has 1 N–H and O–H groups in total. The van der Waals surface area contributed by atoms with Crippen LogP contribution in [0.25, 0.3) is 0 Å². The van der Waals surface area contributed by atoms with E-state index in [1.165, 1.54) is 23.3 Å². The van der Waals surface area contributed by atoms with Crippen LogP contribution < -0.4 is 5.32 Å². The second-order valence-electron chi connectivity index (χ2n) is 6.92. The van der Waals surface area contributed by atoms with Gasteiger partial charge in [0.05, 0.1) is 12.2 Å². The Morgan fingerprint density at radius 2 is 1.89 bits per heavy atom. The molecule has 4 nitrogen and oxygen atoms in total. The van der Waals surface area contributed by atoms with Crippen molar-refractivity contribution in [1.82, 2.24) is 14.9 Å². The minimum Gasteiger partial charge on any atom is -0.346 e. The zero-order chi connectivity index (χ0) is 19.3. The number of amides is 1. The van der Waals surface area contributed by atoms with Crippen molar-refractivity contribution in [2.24, 2.45) is 0 Å². The zero-order valence-electron chi connectivity index (χ0n) is 15.5. The third-order valence-corrected chi connectivity index (χ3v) is 6.16. The maximum atomic E-state index is 12.4. The molecule has 0 saturated heterocycles. The molecule has 1 aliphatic rings. The van der Waals surface area contributed by atoms with Gasteiger partial charge < -0.3 is 9.88 Å². The number of imidazole rings is 1. The predicted octanol–water partition coefficient (Wildman–Crippen LogP) is 5.10. The van der Waals surface area contributed by atoms with E-state index in [2.05, 4.69) is 21.1 Å². The van der Waals surface area contributed by atoms with Gasteiger partial charge in [0.15, 0.2) is 0 Å². The highest BCUT2D eigenvalue weighted by Crippen LogP contribution is 2.24. The van der Waals surface area contributed by atoms with Crippen molar-refractivity contribution in [2.75, 3.05) is 0 Å². The van der Waals surface area contributed by atoms with Crippen molar-refractivity contribution in [2.45, 2.75) is 43.0 Å². The second-order valence-corrected chi connectivity index (χ2v) is 8.41. The van der Waals surface area contributed by atoms with Crippen molar-refractivity contribution >= 4 is 29.3 Å². The van der Waals surface area contributed by atoms with Gasteiger partial charge in [-0.2, -0.15) is 0 Å². The summed E-state index contributed by atoms with van der Waals surface area (Å²) in [6.07, 6.45) is 5.50. The predicted molar refractivity (Wildman–Crippen MR) is 114 cm³/mol. The topological polar surface area (TPSA) is 46.9 Å². The lowest BCUT2D eigenvalue weighted by Crippen LogP contribution is -2.22. The number of fused-ring (bicyclic) bond motifs is 1. The summed E-state index contributed by atoms with van der Waals surface area (Å²) < 4.78 is 2.21. The van der Waals surface area contributed by atoms with Crippen LogP contribution in [0, 0.1) is 0 Å². The second kappa shape index (κ2) is 8.84. The van der Waals surface area contributed by atoms with Gasteiger partial charge in [0.2, 0.25) is 0 Å². The summed E-state index contributed by atoms with van der Waals surface area (Å²) in [5.74, 6) is 1.92. The van der Waals surface area contributed by atoms with E-state index in [4.69, 9.17) is 11.6 Å². The van der Waals surface area contributed by atoms with Crippen LogP contribution in [0.3, 0.4) is 0 Å². The Hall–Kier alpha value is -2.24. The number of nitrogens with one attached hydrogen (secondary N) is 1. The molecular weight excluding hydrogens is 390 g/mol. The number of carbonyl (C=O) groups is 1. The smallest absolute Gasteiger partial charge is 0.251 e. The van der Waals surface area contributed by atoms with E-state index in [1.54, 1.807) is 11.8 Å². The van der Waals surface area contributed by atoms with E-state index >= 15 is 0 Å². The number of benzene rings is 2. The summed E-state index contributed by atoms with van der Waals surface area (Å²) in [6.45, 7) is 1.50. The molecule has 0 atom stereocenters. The summed E-state index contributed by atoms with van der Waals surface area (Å²) in [4.78, 5) is 18.2. The average Bonchev–Trinajstić information content (AvgIpc) is 3.15. The van der Waals surface area contributed by atoms with E-state index in [9.17, 15) is 4.79 Å². The first-order chi connectivity index (χ1) is 13.7. The highest BCUT2D eigenvalue weighted by molar-refractivity contribution is 7.98. The summed E-state index contributed by atoms with van der Waals surface area (Å²) in [7, 11) is 0. The summed E-state index contributed by atoms with van der Waals surface area (Å²) in [5, 5.41) is 3.72. The Bertz CT molecular complexity index is 927. The normalized spacial score (nSPS) is 13.2. The number of thioether (sulfide) groups is 1. The fraction of sp³-hybridized carbons (Fsp3) is 0.273. The maximum absolute atomic E-state index is 12.4. The monoisotopic (exact) mass is 411 g/mol. The van der Waals surface area contributed by atoms with Crippen molar-refractivity contribution in [3.63, 3.8) is 0 Å². The number of hydrogen-bond donors (Lipinski definition) is 1. The van der Waals surface area contributed by atoms with Crippen LogP contribution >= 0.6 is 23.4 Å². The first-order valence-corrected chi connectivity index (χ1v) is 10.8. The van der Waals surface area contributed by atoms with Crippen molar-refractivity contribution < 1.29 is 4.79 Å². The standard InChI is InChI=1S/C22H22ClN3OS/c23-18-8-10-20(11-9-18)28-15-16-4-6-17(7-5-16)22(27)24-13-19-14-26-12-2-1-3-21(26)25-19/h4-11,14H,1-3,12-13,15H2,(H,24,27). The van der Waals surface area contributed by atoms with Crippen LogP contribution in [-0.4, -0.2) is 15.5 Å². The number of aryl methyl sites for hydroxylation is 2. The SMILES string of the molecule is O=C(NCc1cn2c(n1)CCCC2)c1ccc(CSc2ccc(Cl)cc2)cc1. The molecule has 0 bridgehead atoms. The average molecular weight is 412 g/mol. The van der Waals surface area contributed by atoms with E-state index < -0.39 is 0 Å². The molecule has 0 spiro atoms. The Morgan fingerprint density at radius 3 is 2.64 bits per heavy atom. The molecule has 6 heteroatoms. The molecule has 28 heavy (non-hydrogen) atoms. The third-order valence-electron chi connectivity index (χ3n) is 4.82. The van der Waals surface area contributed by atoms with Crippen LogP contribution in [0.2, 0.25) is 5.02 Å². The van der Waals surface area contributed by atoms with Crippen molar-refractivity contribution in [3.05, 3.63) is 82.4 Å². The minimum atomic E-state index is -0.0668. The lowest BCUT2D eigenvalue weighted by atomic mass is 10.1. The van der Waals surface area contributed by atoms with Gasteiger partial charge in [-0.3, -0.25) is 4.79 Å². The fourth-order valence-corrected chi connectivity index (χ4v) is 4.26. The molecule has 2 aromatic carbocycles. The molecule has 144 valence electrons. The molecule has 0 radical (unpaired) electrons. The lowest BCUT2D eigenvalue weighted by Gasteiger charge is -2.11. The van der Waals surface area contributed by atoms with E-state index in [0.29, 0.717) is 12.1 Å². The Kier molecular flexibility index (Phi) is 6.03. The Labute approximate surface area is 174 Å². The van der Waals surface area contributed by atoms with E-state index in [0.717, 1.165) is 35.3 Å². The molecule has 4 rings (SSSR count). The number of hydrogen-bond acceptors (Lipinski definition) is 3. The molecule has 2 heterocycles. The molecule has 0 saturated carbocycles. The Balaban J connectivity index is 1.29. The Morgan fingerprint density at radius 1 is 1.11 bits per heavy atom. The van der Waals surface area contributed by atoms with Crippen LogP contribution in [0.5, 0.6) is 0 Å². The number of carbonyl (C=O) groups excluding carboxylic acids is 1. The van der Waals surface area contributed by atoms with Gasteiger partial charge in [0.25, 0.3) is 5.91 Å². The molecule has 0 aliphatic carbocycles. The minimum absolute atomic E-state index is 0.0668. The van der Waals surface area contributed by atoms with E-state index in [1.807, 2.05) is 48.5 Å². The number of nitrogens with zero attached hydrogens (tertiary/aromatic N) is 2. The third kappa shape index (κ3) is 4.78. The molecule has 0 fully saturated rings. The van der Waals surface area contributed by atoms with Crippen molar-refractivity contribution in [3.8, 4) is 0 Å². The van der Waals surface area contributed by atoms with Crippen LogP contribution in [0.1, 0.15) is 40.3 Å². The lowest BCUT2D eigenvalue weighted by molar-refractivity contribution is 0.0950. The molecule has 1 aliphatic heterocycles. The largest absolute Gasteiger partial charge is 0.346 e. The van der Waals surface area contributed by atoms with Gasteiger partial charge in [0.1, 0.15) is 5.82 Å². The highest BCUT2D eigenvalue weighted by atomic mass is 35.5. The molecule has 1 aromatic heterocycles. The summed E-state index contributed by atoms with van der Waals surface area (Å²) in [5.41, 5.74) is 2.78. The van der Waals surface area contributed by atoms with Gasteiger partial charge in [-0.1, -0.05) is 23.7 Å². The number of rotatable bonds is 6. The quantitative estimate of drug-likeness (QED) is 0.574. The molecule has 3 aromatic rings. The van der Waals surface area contributed by atoms with Gasteiger partial charge >= 0.3 is 0 Å². The number of halogens is 1. The van der Waals surface area contributed by atoms with Crippen molar-refractivity contribution in [1.29, 1.82) is 0 Å². The highest BCUT2D eigenvalue weighted by Gasteiger charge is 2.13. The fourth-order valence-electron chi connectivity index (χ4n) is 3.28. The molecular formula is C22H22ClN3OS. The van der Waals surface area contributed by atoms with Crippen LogP contribution in [-0.2, 0) is 25.3 Å². The van der Waals surface area contributed by atoms with Crippen LogP contribution in [0.4, 0.5) is 0 Å². The van der Waals surface area contributed by atoms with Gasteiger partial charge in [-0.15, -0.1) is 11.8 Å². The van der Waals surface area contributed by atoms with Gasteiger partial charge in [-0.05, 0) is 54.8 Å². The molecule has 0 unspecified atom stereocenters. The van der Waals surface area contributed by atoms with Crippen LogP contribution in [0.15, 0.2) is 59.6 Å². The first kappa shape index (κ1) is 19.1. The molecule has 1 amide bonds.